The van der Waals surface area contributed by atoms with E-state index in [4.69, 9.17) is 16.7 Å². The summed E-state index contributed by atoms with van der Waals surface area (Å²) in [7, 11) is 0. The fraction of sp³-hybridized carbons (Fsp3) is 0.167. The van der Waals surface area contributed by atoms with E-state index in [0.29, 0.717) is 21.5 Å². The predicted molar refractivity (Wildman–Crippen MR) is 138 cm³/mol. The van der Waals surface area contributed by atoms with E-state index in [1.165, 1.54) is 35.5 Å². The van der Waals surface area contributed by atoms with E-state index in [0.717, 1.165) is 16.5 Å². The van der Waals surface area contributed by atoms with Crippen molar-refractivity contribution in [3.8, 4) is 5.69 Å². The first-order valence-corrected chi connectivity index (χ1v) is 12.5. The number of rotatable bonds is 7. The average Bonchev–Trinajstić information content (AvgIpc) is 3.18. The molecule has 0 spiro atoms. The third kappa shape index (κ3) is 4.96. The van der Waals surface area contributed by atoms with Gasteiger partial charge in [-0.2, -0.15) is 0 Å². The van der Waals surface area contributed by atoms with E-state index in [9.17, 15) is 9.59 Å². The number of nitrogens with zero attached hydrogens (tertiary/aromatic N) is 3. The van der Waals surface area contributed by atoms with Crippen LogP contribution in [-0.2, 0) is 4.79 Å². The van der Waals surface area contributed by atoms with Gasteiger partial charge in [0.05, 0.1) is 27.7 Å². The summed E-state index contributed by atoms with van der Waals surface area (Å²) < 4.78 is 2.41. The number of hydrogen-bond acceptors (Lipinski definition) is 5. The molecule has 0 bridgehead atoms. The third-order valence-electron chi connectivity index (χ3n) is 5.21. The van der Waals surface area contributed by atoms with Gasteiger partial charge in [0.25, 0.3) is 0 Å². The van der Waals surface area contributed by atoms with Gasteiger partial charge in [0.1, 0.15) is 0 Å². The number of aromatic carboxylic acids is 1. The van der Waals surface area contributed by atoms with Crippen LogP contribution in [0.5, 0.6) is 0 Å². The van der Waals surface area contributed by atoms with Crippen LogP contribution in [0.4, 0.5) is 5.69 Å². The maximum Gasteiger partial charge on any atom is 0.335 e. The van der Waals surface area contributed by atoms with Crippen LogP contribution in [0.1, 0.15) is 35.7 Å². The van der Waals surface area contributed by atoms with E-state index in [-0.39, 0.29) is 22.2 Å². The number of benzene rings is 3. The lowest BCUT2D eigenvalue weighted by Crippen LogP contribution is -2.15. The van der Waals surface area contributed by atoms with Crippen LogP contribution < -0.4 is 5.32 Å². The second kappa shape index (κ2) is 10.2. The molecule has 1 amide bonds. The summed E-state index contributed by atoms with van der Waals surface area (Å²) in [5.41, 5.74) is 2.55. The van der Waals surface area contributed by atoms with Gasteiger partial charge in [-0.15, -0.1) is 10.2 Å². The topological polar surface area (TPSA) is 97.1 Å². The maximum atomic E-state index is 12.6. The number of carboxylic acids is 1. The monoisotopic (exact) mass is 558 g/mol. The van der Waals surface area contributed by atoms with Crippen LogP contribution in [0.3, 0.4) is 0 Å². The van der Waals surface area contributed by atoms with Crippen LogP contribution in [0, 0.1) is 0 Å². The molecule has 10 heteroatoms. The fourth-order valence-electron chi connectivity index (χ4n) is 3.62. The molecule has 0 aliphatic heterocycles. The molecule has 4 aromatic rings. The lowest BCUT2D eigenvalue weighted by atomic mass is 9.95. The lowest BCUT2D eigenvalue weighted by Gasteiger charge is -2.15. The van der Waals surface area contributed by atoms with Crippen LogP contribution >= 0.6 is 39.3 Å². The molecule has 4 rings (SSSR count). The van der Waals surface area contributed by atoms with Crippen LogP contribution in [0.15, 0.2) is 64.5 Å². The van der Waals surface area contributed by atoms with Crippen LogP contribution in [-0.4, -0.2) is 37.5 Å². The number of fused-ring (bicyclic) bond motifs is 1. The zero-order valence-corrected chi connectivity index (χ0v) is 21.4. The predicted octanol–water partition coefficient (Wildman–Crippen LogP) is 6.39. The Hall–Kier alpha value is -2.88. The summed E-state index contributed by atoms with van der Waals surface area (Å²) in [4.78, 5) is 23.6. The van der Waals surface area contributed by atoms with Crippen molar-refractivity contribution < 1.29 is 14.7 Å². The molecule has 7 nitrogen and oxygen atoms in total. The Balaban J connectivity index is 1.57. The molecule has 0 saturated heterocycles. The number of nitrogens with one attached hydrogen (secondary N) is 1. The minimum atomic E-state index is -1.09. The fourth-order valence-corrected chi connectivity index (χ4v) is 5.15. The smallest absolute Gasteiger partial charge is 0.335 e. The average molecular weight is 560 g/mol. The van der Waals surface area contributed by atoms with Gasteiger partial charge in [-0.25, -0.2) is 4.79 Å². The van der Waals surface area contributed by atoms with Crippen molar-refractivity contribution in [2.75, 3.05) is 11.1 Å². The first-order chi connectivity index (χ1) is 16.3. The number of carbonyl (C=O) groups excluding carboxylic acids is 1. The van der Waals surface area contributed by atoms with Gasteiger partial charge in [-0.3, -0.25) is 9.36 Å². The van der Waals surface area contributed by atoms with Crippen molar-refractivity contribution in [1.82, 2.24) is 14.8 Å². The number of hydrogen-bond donors (Lipinski definition) is 2. The highest BCUT2D eigenvalue weighted by Gasteiger charge is 2.18. The minimum absolute atomic E-state index is 0.0473. The molecule has 0 aliphatic rings. The van der Waals surface area contributed by atoms with Gasteiger partial charge in [0.2, 0.25) is 10.6 Å². The van der Waals surface area contributed by atoms with Crippen molar-refractivity contribution in [2.24, 2.45) is 0 Å². The molecule has 0 aliphatic carbocycles. The van der Waals surface area contributed by atoms with E-state index < -0.39 is 5.97 Å². The van der Waals surface area contributed by atoms with Gasteiger partial charge < -0.3 is 10.4 Å². The molecule has 1 aromatic heterocycles. The van der Waals surface area contributed by atoms with Crippen molar-refractivity contribution in [2.45, 2.75) is 24.9 Å². The lowest BCUT2D eigenvalue weighted by molar-refractivity contribution is -0.113. The normalized spacial score (nSPS) is 11.2. The van der Waals surface area contributed by atoms with Crippen molar-refractivity contribution in [3.05, 3.63) is 75.5 Å². The Morgan fingerprint density at radius 3 is 2.53 bits per heavy atom. The first kappa shape index (κ1) is 24.3. The Labute approximate surface area is 213 Å². The molecule has 3 aromatic carbocycles. The van der Waals surface area contributed by atoms with Crippen molar-refractivity contribution in [1.29, 1.82) is 0 Å². The molecule has 0 radical (unpaired) electrons. The van der Waals surface area contributed by atoms with Crippen LogP contribution in [0.2, 0.25) is 5.02 Å². The van der Waals surface area contributed by atoms with Gasteiger partial charge >= 0.3 is 5.97 Å². The number of halogens is 2. The van der Waals surface area contributed by atoms with Gasteiger partial charge in [0.15, 0.2) is 5.16 Å². The second-order valence-corrected chi connectivity index (χ2v) is 9.86. The molecule has 2 N–H and O–H groups in total. The Kier molecular flexibility index (Phi) is 7.25. The SMILES string of the molecule is CC(C)c1ccc(-n2c(Br)nnc2SCC(=O)Nc2ccc(C(=O)O)cc2Cl)c2ccccc12. The van der Waals surface area contributed by atoms with Gasteiger partial charge in [-0.05, 0) is 57.1 Å². The largest absolute Gasteiger partial charge is 0.478 e. The third-order valence-corrected chi connectivity index (χ3v) is 6.97. The summed E-state index contributed by atoms with van der Waals surface area (Å²) in [6.07, 6.45) is 0. The van der Waals surface area contributed by atoms with Crippen molar-refractivity contribution in [3.63, 3.8) is 0 Å². The quantitative estimate of drug-likeness (QED) is 0.255. The van der Waals surface area contributed by atoms with E-state index in [2.05, 4.69) is 63.5 Å². The highest BCUT2D eigenvalue weighted by Crippen LogP contribution is 2.34. The van der Waals surface area contributed by atoms with Crippen molar-refractivity contribution >= 4 is 67.6 Å². The maximum absolute atomic E-state index is 12.6. The second-order valence-electron chi connectivity index (χ2n) is 7.80. The molecule has 174 valence electrons. The molecule has 1 heterocycles. The Bertz CT molecular complexity index is 1410. The number of carboxylic acid groups (broad SMARTS) is 1. The molecular formula is C24H20BrClN4O3S. The summed E-state index contributed by atoms with van der Waals surface area (Å²) in [6.45, 7) is 4.33. The van der Waals surface area contributed by atoms with E-state index >= 15 is 0 Å². The Morgan fingerprint density at radius 2 is 1.85 bits per heavy atom. The summed E-state index contributed by atoms with van der Waals surface area (Å²) in [6, 6.07) is 16.5. The molecule has 0 atom stereocenters. The number of thioether (sulfide) groups is 1. The molecule has 0 fully saturated rings. The first-order valence-electron chi connectivity index (χ1n) is 10.3. The highest BCUT2D eigenvalue weighted by atomic mass is 79.9. The number of carbonyl (C=O) groups is 2. The zero-order valence-electron chi connectivity index (χ0n) is 18.3. The van der Waals surface area contributed by atoms with E-state index in [1.54, 1.807) is 0 Å². The standard InChI is InChI=1S/C24H20BrClN4O3S/c1-13(2)15-8-10-20(17-6-4-3-5-16(15)17)30-23(25)28-29-24(30)34-12-21(31)27-19-9-7-14(22(32)33)11-18(19)26/h3-11,13H,12H2,1-2H3,(H,27,31)(H,32,33). The summed E-state index contributed by atoms with van der Waals surface area (Å²) in [5, 5.41) is 23.1. The zero-order chi connectivity index (χ0) is 24.4. The summed E-state index contributed by atoms with van der Waals surface area (Å²) in [5.74, 6) is -0.962. The molecular weight excluding hydrogens is 540 g/mol. The number of aromatic nitrogens is 3. The summed E-state index contributed by atoms with van der Waals surface area (Å²) >= 11 is 10.8. The minimum Gasteiger partial charge on any atom is -0.478 e. The van der Waals surface area contributed by atoms with E-state index in [1.807, 2.05) is 22.8 Å². The number of amides is 1. The molecule has 34 heavy (non-hydrogen) atoms. The molecule has 0 saturated carbocycles. The van der Waals surface area contributed by atoms with Gasteiger partial charge in [-0.1, -0.05) is 67.5 Å². The van der Waals surface area contributed by atoms with Gasteiger partial charge in [0, 0.05) is 5.39 Å². The van der Waals surface area contributed by atoms with Crippen LogP contribution in [0.25, 0.3) is 16.5 Å². The number of anilines is 1. The Morgan fingerprint density at radius 1 is 1.12 bits per heavy atom. The molecule has 0 unspecified atom stereocenters. The highest BCUT2D eigenvalue weighted by molar-refractivity contribution is 9.10.